The van der Waals surface area contributed by atoms with Crippen LogP contribution in [0.2, 0.25) is 0 Å². The van der Waals surface area contributed by atoms with Crippen molar-refractivity contribution in [1.29, 1.82) is 0 Å². The van der Waals surface area contributed by atoms with Crippen molar-refractivity contribution in [3.8, 4) is 0 Å². The Morgan fingerprint density at radius 3 is 2.56 bits per heavy atom. The Hall–Kier alpha value is -1.29. The van der Waals surface area contributed by atoms with E-state index in [2.05, 4.69) is 0 Å². The Labute approximate surface area is 93.2 Å². The van der Waals surface area contributed by atoms with Gasteiger partial charge in [-0.3, -0.25) is 4.79 Å². The zero-order valence-electron chi connectivity index (χ0n) is 9.51. The van der Waals surface area contributed by atoms with Crippen LogP contribution in [0.4, 0.5) is 8.78 Å². The molecule has 0 aliphatic heterocycles. The molecule has 2 nitrogen and oxygen atoms in total. The van der Waals surface area contributed by atoms with E-state index in [-0.39, 0.29) is 5.56 Å². The minimum atomic E-state index is -1.12. The Balaban J connectivity index is 3.19. The molecular formula is C12H14F2O2. The molecule has 88 valence electrons. The number of Topliss-reactive ketones (excluding diaryl/α,β-unsaturated/α-hetero) is 1. The first-order valence-electron chi connectivity index (χ1n) is 5.00. The van der Waals surface area contributed by atoms with Crippen LogP contribution in [0.25, 0.3) is 0 Å². The van der Waals surface area contributed by atoms with Crippen molar-refractivity contribution >= 4 is 5.78 Å². The van der Waals surface area contributed by atoms with Crippen LogP contribution in [0.1, 0.15) is 30.6 Å². The molecule has 4 heteroatoms. The second-order valence-electron chi connectivity index (χ2n) is 3.72. The Morgan fingerprint density at radius 1 is 1.44 bits per heavy atom. The molecule has 0 radical (unpaired) electrons. The second kappa shape index (κ2) is 4.70. The van der Waals surface area contributed by atoms with Crippen LogP contribution in [0.3, 0.4) is 0 Å². The summed E-state index contributed by atoms with van der Waals surface area (Å²) in [7, 11) is 1.37. The lowest BCUT2D eigenvalue weighted by Gasteiger charge is -2.25. The van der Waals surface area contributed by atoms with Gasteiger partial charge in [0.05, 0.1) is 5.56 Å². The van der Waals surface area contributed by atoms with Crippen LogP contribution in [0.15, 0.2) is 18.2 Å². The summed E-state index contributed by atoms with van der Waals surface area (Å²) in [5.74, 6) is -2.70. The van der Waals surface area contributed by atoms with E-state index >= 15 is 0 Å². The summed E-state index contributed by atoms with van der Waals surface area (Å²) >= 11 is 0. The van der Waals surface area contributed by atoms with E-state index < -0.39 is 23.0 Å². The van der Waals surface area contributed by atoms with Crippen LogP contribution in [0.5, 0.6) is 0 Å². The molecule has 0 amide bonds. The molecule has 1 rings (SSSR count). The van der Waals surface area contributed by atoms with Crippen molar-refractivity contribution in [2.75, 3.05) is 7.11 Å². The molecule has 1 aromatic carbocycles. The third-order valence-electron chi connectivity index (χ3n) is 2.80. The first-order chi connectivity index (χ1) is 7.46. The Kier molecular flexibility index (Phi) is 3.75. The van der Waals surface area contributed by atoms with Crippen LogP contribution in [-0.2, 0) is 4.74 Å². The zero-order chi connectivity index (χ0) is 12.3. The number of ketones is 1. The summed E-state index contributed by atoms with van der Waals surface area (Å²) in [6.45, 7) is 3.30. The van der Waals surface area contributed by atoms with Gasteiger partial charge in [0, 0.05) is 7.11 Å². The van der Waals surface area contributed by atoms with Crippen molar-refractivity contribution in [1.82, 2.24) is 0 Å². The van der Waals surface area contributed by atoms with Gasteiger partial charge in [0.2, 0.25) is 0 Å². The zero-order valence-corrected chi connectivity index (χ0v) is 9.51. The number of benzene rings is 1. The molecule has 16 heavy (non-hydrogen) atoms. The van der Waals surface area contributed by atoms with Gasteiger partial charge >= 0.3 is 0 Å². The monoisotopic (exact) mass is 228 g/mol. The number of carbonyl (C=O) groups excluding carboxylic acids is 1. The van der Waals surface area contributed by atoms with Gasteiger partial charge in [0.15, 0.2) is 17.4 Å². The van der Waals surface area contributed by atoms with Gasteiger partial charge in [0.25, 0.3) is 0 Å². The predicted octanol–water partition coefficient (Wildman–Crippen LogP) is 2.96. The molecule has 0 spiro atoms. The van der Waals surface area contributed by atoms with Gasteiger partial charge in [-0.15, -0.1) is 0 Å². The molecule has 0 aromatic heterocycles. The largest absolute Gasteiger partial charge is 0.370 e. The van der Waals surface area contributed by atoms with E-state index in [9.17, 15) is 13.6 Å². The van der Waals surface area contributed by atoms with E-state index in [1.807, 2.05) is 0 Å². The number of halogens is 2. The number of hydrogen-bond acceptors (Lipinski definition) is 2. The fourth-order valence-corrected chi connectivity index (χ4v) is 1.36. The summed E-state index contributed by atoms with van der Waals surface area (Å²) in [5, 5.41) is 0. The highest BCUT2D eigenvalue weighted by atomic mass is 19.2. The highest BCUT2D eigenvalue weighted by molar-refractivity contribution is 6.02. The summed E-state index contributed by atoms with van der Waals surface area (Å²) in [6, 6.07) is 3.53. The van der Waals surface area contributed by atoms with Gasteiger partial charge in [-0.2, -0.15) is 0 Å². The fourth-order valence-electron chi connectivity index (χ4n) is 1.36. The molecule has 1 aromatic rings. The molecule has 1 atom stereocenters. The molecule has 0 saturated heterocycles. The van der Waals surface area contributed by atoms with Gasteiger partial charge < -0.3 is 4.74 Å². The Bertz CT molecular complexity index is 398. The van der Waals surface area contributed by atoms with Crippen molar-refractivity contribution < 1.29 is 18.3 Å². The molecule has 0 aliphatic rings. The molecular weight excluding hydrogens is 214 g/mol. The summed E-state index contributed by atoms with van der Waals surface area (Å²) in [5.41, 5.74) is -1.39. The Morgan fingerprint density at radius 2 is 2.06 bits per heavy atom. The number of hydrogen-bond donors (Lipinski definition) is 0. The molecule has 0 N–H and O–H groups in total. The summed E-state index contributed by atoms with van der Waals surface area (Å²) < 4.78 is 31.4. The maximum atomic E-state index is 13.4. The normalized spacial score (nSPS) is 14.6. The van der Waals surface area contributed by atoms with Crippen molar-refractivity contribution in [2.45, 2.75) is 25.9 Å². The maximum Gasteiger partial charge on any atom is 0.197 e. The van der Waals surface area contributed by atoms with Crippen LogP contribution >= 0.6 is 0 Å². The predicted molar refractivity (Wildman–Crippen MR) is 56.4 cm³/mol. The van der Waals surface area contributed by atoms with Crippen LogP contribution in [0, 0.1) is 11.6 Å². The first kappa shape index (κ1) is 12.8. The maximum absolute atomic E-state index is 13.4. The third-order valence-corrected chi connectivity index (χ3v) is 2.80. The van der Waals surface area contributed by atoms with Crippen LogP contribution in [-0.4, -0.2) is 18.5 Å². The smallest absolute Gasteiger partial charge is 0.197 e. The standard InChI is InChI=1S/C12H14F2O2/c1-4-12(2,16-3)11(15)8-6-5-7-9(13)10(8)14/h5-7H,4H2,1-3H3. The highest BCUT2D eigenvalue weighted by Gasteiger charge is 2.34. The fraction of sp³-hybridized carbons (Fsp3) is 0.417. The number of methoxy groups -OCH3 is 1. The van der Waals surface area contributed by atoms with E-state index in [4.69, 9.17) is 4.74 Å². The van der Waals surface area contributed by atoms with E-state index in [1.165, 1.54) is 19.2 Å². The molecule has 0 aliphatic carbocycles. The van der Waals surface area contributed by atoms with E-state index in [0.29, 0.717) is 6.42 Å². The minimum absolute atomic E-state index is 0.272. The minimum Gasteiger partial charge on any atom is -0.370 e. The average Bonchev–Trinajstić information content (AvgIpc) is 2.31. The summed E-state index contributed by atoms with van der Waals surface area (Å²) in [6.07, 6.45) is 0.387. The SMILES string of the molecule is CCC(C)(OC)C(=O)c1cccc(F)c1F. The van der Waals surface area contributed by atoms with Crippen molar-refractivity contribution in [2.24, 2.45) is 0 Å². The van der Waals surface area contributed by atoms with E-state index in [0.717, 1.165) is 6.07 Å². The topological polar surface area (TPSA) is 26.3 Å². The number of carbonyl (C=O) groups is 1. The number of rotatable bonds is 4. The van der Waals surface area contributed by atoms with Crippen LogP contribution < -0.4 is 0 Å². The third kappa shape index (κ3) is 2.11. The lowest BCUT2D eigenvalue weighted by Crippen LogP contribution is -2.37. The van der Waals surface area contributed by atoms with Gasteiger partial charge in [0.1, 0.15) is 5.60 Å². The second-order valence-corrected chi connectivity index (χ2v) is 3.72. The van der Waals surface area contributed by atoms with Gasteiger partial charge in [-0.1, -0.05) is 13.0 Å². The first-order valence-corrected chi connectivity index (χ1v) is 5.00. The van der Waals surface area contributed by atoms with E-state index in [1.54, 1.807) is 13.8 Å². The molecule has 1 unspecified atom stereocenters. The van der Waals surface area contributed by atoms with Crippen molar-refractivity contribution in [3.63, 3.8) is 0 Å². The lowest BCUT2D eigenvalue weighted by atomic mass is 9.92. The molecule has 0 saturated carbocycles. The molecule has 0 heterocycles. The lowest BCUT2D eigenvalue weighted by molar-refractivity contribution is 0.0102. The molecule has 0 fully saturated rings. The quantitative estimate of drug-likeness (QED) is 0.740. The van der Waals surface area contributed by atoms with Crippen molar-refractivity contribution in [3.05, 3.63) is 35.4 Å². The number of ether oxygens (including phenoxy) is 1. The molecule has 0 bridgehead atoms. The average molecular weight is 228 g/mol. The highest BCUT2D eigenvalue weighted by Crippen LogP contribution is 2.23. The summed E-state index contributed by atoms with van der Waals surface area (Å²) in [4.78, 5) is 12.0. The van der Waals surface area contributed by atoms with Gasteiger partial charge in [-0.05, 0) is 25.5 Å². The van der Waals surface area contributed by atoms with Gasteiger partial charge in [-0.25, -0.2) is 8.78 Å².